The SMILES string of the molecule is Cc1cccc(CC2(C(=O)O)CCCCN2)c1. The van der Waals surface area contributed by atoms with E-state index in [2.05, 4.69) is 11.4 Å². The number of nitrogens with one attached hydrogen (secondary N) is 1. The van der Waals surface area contributed by atoms with Gasteiger partial charge in [0.1, 0.15) is 5.54 Å². The molecule has 3 nitrogen and oxygen atoms in total. The van der Waals surface area contributed by atoms with Gasteiger partial charge < -0.3 is 10.4 Å². The summed E-state index contributed by atoms with van der Waals surface area (Å²) in [6.45, 7) is 2.84. The molecule has 1 aromatic rings. The highest BCUT2D eigenvalue weighted by atomic mass is 16.4. The first-order chi connectivity index (χ1) is 8.12. The lowest BCUT2D eigenvalue weighted by molar-refractivity contribution is -0.146. The Balaban J connectivity index is 2.20. The summed E-state index contributed by atoms with van der Waals surface area (Å²) in [5, 5.41) is 12.7. The van der Waals surface area contributed by atoms with E-state index in [-0.39, 0.29) is 0 Å². The van der Waals surface area contributed by atoms with Crippen LogP contribution in [-0.2, 0) is 11.2 Å². The van der Waals surface area contributed by atoms with Crippen LogP contribution in [0.5, 0.6) is 0 Å². The highest BCUT2D eigenvalue weighted by Gasteiger charge is 2.39. The number of hydrogen-bond acceptors (Lipinski definition) is 2. The van der Waals surface area contributed by atoms with Crippen LogP contribution in [0.2, 0.25) is 0 Å². The predicted octanol–water partition coefficient (Wildman–Crippen LogP) is 2.13. The Bertz CT molecular complexity index is 408. The van der Waals surface area contributed by atoms with Crippen LogP contribution in [0.4, 0.5) is 0 Å². The summed E-state index contributed by atoms with van der Waals surface area (Å²) in [6, 6.07) is 8.10. The monoisotopic (exact) mass is 233 g/mol. The summed E-state index contributed by atoms with van der Waals surface area (Å²) in [7, 11) is 0. The molecule has 0 aromatic heterocycles. The Morgan fingerprint density at radius 3 is 2.88 bits per heavy atom. The molecule has 1 aliphatic heterocycles. The molecule has 1 heterocycles. The van der Waals surface area contributed by atoms with Crippen LogP contribution >= 0.6 is 0 Å². The fraction of sp³-hybridized carbons (Fsp3) is 0.500. The van der Waals surface area contributed by atoms with Crippen LogP contribution in [0.3, 0.4) is 0 Å². The van der Waals surface area contributed by atoms with Crippen molar-refractivity contribution in [2.45, 2.75) is 38.1 Å². The molecule has 0 amide bonds. The number of piperidine rings is 1. The van der Waals surface area contributed by atoms with E-state index >= 15 is 0 Å². The molecule has 1 atom stereocenters. The third kappa shape index (κ3) is 2.67. The van der Waals surface area contributed by atoms with Gasteiger partial charge >= 0.3 is 5.97 Å². The molecule has 1 fully saturated rings. The highest BCUT2D eigenvalue weighted by Crippen LogP contribution is 2.24. The number of aliphatic carboxylic acids is 1. The second-order valence-electron chi connectivity index (χ2n) is 4.94. The van der Waals surface area contributed by atoms with E-state index < -0.39 is 11.5 Å². The van der Waals surface area contributed by atoms with Gasteiger partial charge in [-0.2, -0.15) is 0 Å². The van der Waals surface area contributed by atoms with E-state index in [9.17, 15) is 9.90 Å². The minimum atomic E-state index is -0.758. The van der Waals surface area contributed by atoms with E-state index in [0.717, 1.165) is 31.4 Å². The van der Waals surface area contributed by atoms with Gasteiger partial charge in [-0.3, -0.25) is 4.79 Å². The Hall–Kier alpha value is -1.35. The second kappa shape index (κ2) is 4.88. The maximum absolute atomic E-state index is 11.5. The first-order valence-electron chi connectivity index (χ1n) is 6.16. The summed E-state index contributed by atoms with van der Waals surface area (Å²) in [5.74, 6) is -0.723. The van der Waals surface area contributed by atoms with Gasteiger partial charge in [0.25, 0.3) is 0 Å². The molecule has 17 heavy (non-hydrogen) atoms. The van der Waals surface area contributed by atoms with Crippen LogP contribution in [0.1, 0.15) is 30.4 Å². The molecular weight excluding hydrogens is 214 g/mol. The fourth-order valence-corrected chi connectivity index (χ4v) is 2.55. The zero-order chi connectivity index (χ0) is 12.3. The largest absolute Gasteiger partial charge is 0.480 e. The van der Waals surface area contributed by atoms with Gasteiger partial charge in [0.2, 0.25) is 0 Å². The number of aryl methyl sites for hydroxylation is 1. The molecule has 0 bridgehead atoms. The van der Waals surface area contributed by atoms with Crippen molar-refractivity contribution in [1.82, 2.24) is 5.32 Å². The van der Waals surface area contributed by atoms with Crippen molar-refractivity contribution in [3.05, 3.63) is 35.4 Å². The number of benzene rings is 1. The topological polar surface area (TPSA) is 49.3 Å². The number of rotatable bonds is 3. The molecule has 1 aromatic carbocycles. The number of carbonyl (C=O) groups is 1. The molecule has 3 heteroatoms. The second-order valence-corrected chi connectivity index (χ2v) is 4.94. The Morgan fingerprint density at radius 2 is 2.29 bits per heavy atom. The van der Waals surface area contributed by atoms with Crippen molar-refractivity contribution in [2.24, 2.45) is 0 Å². The third-order valence-corrected chi connectivity index (χ3v) is 3.49. The summed E-state index contributed by atoms with van der Waals surface area (Å²) in [4.78, 5) is 11.5. The van der Waals surface area contributed by atoms with Gasteiger partial charge in [0, 0.05) is 6.42 Å². The standard InChI is InChI=1S/C14H19NO2/c1-11-5-4-6-12(9-11)10-14(13(16)17)7-2-3-8-15-14/h4-6,9,15H,2-3,7-8,10H2,1H3,(H,16,17). The molecule has 1 aliphatic rings. The molecule has 92 valence electrons. The minimum Gasteiger partial charge on any atom is -0.480 e. The first kappa shape index (κ1) is 12.1. The van der Waals surface area contributed by atoms with Crippen LogP contribution in [0, 0.1) is 6.92 Å². The van der Waals surface area contributed by atoms with Gasteiger partial charge in [0.05, 0.1) is 0 Å². The molecule has 2 N–H and O–H groups in total. The Kier molecular flexibility index (Phi) is 3.48. The van der Waals surface area contributed by atoms with Gasteiger partial charge in [-0.1, -0.05) is 29.8 Å². The van der Waals surface area contributed by atoms with E-state index in [0.29, 0.717) is 6.42 Å². The molecule has 1 saturated heterocycles. The van der Waals surface area contributed by atoms with Crippen LogP contribution in [0.25, 0.3) is 0 Å². The lowest BCUT2D eigenvalue weighted by atomic mass is 9.83. The molecule has 0 aliphatic carbocycles. The fourth-order valence-electron chi connectivity index (χ4n) is 2.55. The van der Waals surface area contributed by atoms with Crippen molar-refractivity contribution in [1.29, 1.82) is 0 Å². The summed E-state index contributed by atoms with van der Waals surface area (Å²) >= 11 is 0. The zero-order valence-corrected chi connectivity index (χ0v) is 10.2. The summed E-state index contributed by atoms with van der Waals surface area (Å²) in [6.07, 6.45) is 3.36. The van der Waals surface area contributed by atoms with E-state index in [1.165, 1.54) is 5.56 Å². The van der Waals surface area contributed by atoms with Crippen molar-refractivity contribution in [2.75, 3.05) is 6.54 Å². The number of hydrogen-bond donors (Lipinski definition) is 2. The van der Waals surface area contributed by atoms with E-state index in [1.807, 2.05) is 25.1 Å². The normalized spacial score (nSPS) is 24.5. The van der Waals surface area contributed by atoms with Crippen LogP contribution in [-0.4, -0.2) is 23.2 Å². The van der Waals surface area contributed by atoms with Gasteiger partial charge in [-0.05, 0) is 38.3 Å². The minimum absolute atomic E-state index is 0.573. The van der Waals surface area contributed by atoms with Crippen molar-refractivity contribution >= 4 is 5.97 Å². The average Bonchev–Trinajstić information content (AvgIpc) is 2.30. The third-order valence-electron chi connectivity index (χ3n) is 3.49. The molecule has 0 radical (unpaired) electrons. The average molecular weight is 233 g/mol. The van der Waals surface area contributed by atoms with Gasteiger partial charge in [0.15, 0.2) is 0 Å². The molecule has 0 saturated carbocycles. The highest BCUT2D eigenvalue weighted by molar-refractivity contribution is 5.79. The maximum atomic E-state index is 11.5. The Morgan fingerprint density at radius 1 is 1.47 bits per heavy atom. The summed E-state index contributed by atoms with van der Waals surface area (Å²) < 4.78 is 0. The summed E-state index contributed by atoms with van der Waals surface area (Å²) in [5.41, 5.74) is 1.52. The van der Waals surface area contributed by atoms with Gasteiger partial charge in [-0.15, -0.1) is 0 Å². The van der Waals surface area contributed by atoms with Crippen molar-refractivity contribution < 1.29 is 9.90 Å². The predicted molar refractivity (Wildman–Crippen MR) is 67.1 cm³/mol. The maximum Gasteiger partial charge on any atom is 0.324 e. The lowest BCUT2D eigenvalue weighted by Crippen LogP contribution is -2.56. The number of carboxylic acids is 1. The molecular formula is C14H19NO2. The van der Waals surface area contributed by atoms with Crippen LogP contribution < -0.4 is 5.32 Å². The number of carboxylic acid groups (broad SMARTS) is 1. The molecule has 2 rings (SSSR count). The Labute approximate surface area is 102 Å². The smallest absolute Gasteiger partial charge is 0.324 e. The van der Waals surface area contributed by atoms with E-state index in [4.69, 9.17) is 0 Å². The van der Waals surface area contributed by atoms with Crippen LogP contribution in [0.15, 0.2) is 24.3 Å². The first-order valence-corrected chi connectivity index (χ1v) is 6.16. The van der Waals surface area contributed by atoms with E-state index in [1.54, 1.807) is 0 Å². The van der Waals surface area contributed by atoms with Gasteiger partial charge in [-0.25, -0.2) is 0 Å². The molecule has 0 spiro atoms. The quantitative estimate of drug-likeness (QED) is 0.841. The van der Waals surface area contributed by atoms with Crippen molar-refractivity contribution in [3.63, 3.8) is 0 Å². The lowest BCUT2D eigenvalue weighted by Gasteiger charge is -2.34. The molecule has 1 unspecified atom stereocenters. The van der Waals surface area contributed by atoms with Crippen molar-refractivity contribution in [3.8, 4) is 0 Å². The zero-order valence-electron chi connectivity index (χ0n) is 10.2.